The van der Waals surface area contributed by atoms with Crippen LogP contribution in [0.5, 0.6) is 0 Å². The zero-order valence-electron chi connectivity index (χ0n) is 20.0. The topological polar surface area (TPSA) is 54.4 Å². The van der Waals surface area contributed by atoms with Crippen molar-refractivity contribution in [2.45, 2.75) is 134 Å². The van der Waals surface area contributed by atoms with Gasteiger partial charge in [-0.2, -0.15) is 8.42 Å². The first-order valence-corrected chi connectivity index (χ1v) is 13.9. The van der Waals surface area contributed by atoms with E-state index < -0.39 is 10.1 Å². The molecule has 1 rings (SSSR count). The smallest absolute Gasteiger partial charge is 0.282 e. The third-order valence-corrected chi connectivity index (χ3v) is 7.36. The molecule has 0 radical (unpaired) electrons. The minimum Gasteiger partial charge on any atom is -0.282 e. The first-order chi connectivity index (χ1) is 14.3. The molecule has 30 heavy (non-hydrogen) atoms. The van der Waals surface area contributed by atoms with Crippen LogP contribution in [0.3, 0.4) is 0 Å². The lowest BCUT2D eigenvalue weighted by Gasteiger charge is -2.21. The summed E-state index contributed by atoms with van der Waals surface area (Å²) in [6.45, 7) is 8.63. The summed E-state index contributed by atoms with van der Waals surface area (Å²) in [5.74, 6) is 0.267. The second-order valence-corrected chi connectivity index (χ2v) is 10.5. The van der Waals surface area contributed by atoms with E-state index in [1.54, 1.807) is 0 Å². The van der Waals surface area contributed by atoms with Gasteiger partial charge in [-0.05, 0) is 35.8 Å². The van der Waals surface area contributed by atoms with Crippen molar-refractivity contribution >= 4 is 10.1 Å². The Balaban J connectivity index is 2.79. The summed E-state index contributed by atoms with van der Waals surface area (Å²) in [5, 5.41) is 0. The molecule has 2 unspecified atom stereocenters. The summed E-state index contributed by atoms with van der Waals surface area (Å²) >= 11 is 0. The standard InChI is InChI=1S/C26H46O3S/c1-5-7-9-11-13-15-18-22(3)24-20-17-21-25(26(24)30(27,28)29)23(4)19-16-14-12-10-8-6-2/h17,20-23H,5-16,18-19H2,1-4H3,(H,27,28,29). The average molecular weight is 439 g/mol. The van der Waals surface area contributed by atoms with E-state index in [0.717, 1.165) is 36.8 Å². The van der Waals surface area contributed by atoms with Crippen molar-refractivity contribution in [2.75, 3.05) is 0 Å². The molecule has 0 aromatic heterocycles. The molecule has 2 atom stereocenters. The van der Waals surface area contributed by atoms with E-state index in [0.29, 0.717) is 0 Å². The number of unbranched alkanes of at least 4 members (excludes halogenated alkanes) is 10. The van der Waals surface area contributed by atoms with Crippen LogP contribution in [0, 0.1) is 0 Å². The molecule has 1 aromatic carbocycles. The first-order valence-electron chi connectivity index (χ1n) is 12.4. The highest BCUT2D eigenvalue weighted by Crippen LogP contribution is 2.35. The van der Waals surface area contributed by atoms with Gasteiger partial charge in [0.25, 0.3) is 10.1 Å². The Morgan fingerprint density at radius 3 is 1.43 bits per heavy atom. The highest BCUT2D eigenvalue weighted by molar-refractivity contribution is 7.86. The lowest BCUT2D eigenvalue weighted by Crippen LogP contribution is -2.11. The predicted molar refractivity (Wildman–Crippen MR) is 129 cm³/mol. The maximum atomic E-state index is 12.3. The molecule has 1 N–H and O–H groups in total. The number of hydrogen-bond acceptors (Lipinski definition) is 2. The number of hydrogen-bond donors (Lipinski definition) is 1. The molecule has 0 bridgehead atoms. The average Bonchev–Trinajstić information content (AvgIpc) is 2.71. The van der Waals surface area contributed by atoms with E-state index in [1.807, 2.05) is 18.2 Å². The Morgan fingerprint density at radius 1 is 0.700 bits per heavy atom. The molecule has 174 valence electrons. The molecular formula is C26H46O3S. The molecule has 0 fully saturated rings. The van der Waals surface area contributed by atoms with Gasteiger partial charge in [-0.15, -0.1) is 0 Å². The van der Waals surface area contributed by atoms with Crippen LogP contribution in [0.15, 0.2) is 23.1 Å². The molecule has 3 nitrogen and oxygen atoms in total. The zero-order valence-corrected chi connectivity index (χ0v) is 20.8. The van der Waals surface area contributed by atoms with Gasteiger partial charge in [-0.3, -0.25) is 4.55 Å². The van der Waals surface area contributed by atoms with Gasteiger partial charge in [-0.25, -0.2) is 0 Å². The molecule has 0 saturated carbocycles. The largest absolute Gasteiger partial charge is 0.295 e. The van der Waals surface area contributed by atoms with Gasteiger partial charge in [0.15, 0.2) is 0 Å². The second-order valence-electron chi connectivity index (χ2n) is 9.16. The van der Waals surface area contributed by atoms with Crippen molar-refractivity contribution < 1.29 is 13.0 Å². The fourth-order valence-electron chi connectivity index (χ4n) is 4.42. The first kappa shape index (κ1) is 27.2. The number of rotatable bonds is 17. The van der Waals surface area contributed by atoms with Crippen molar-refractivity contribution in [2.24, 2.45) is 0 Å². The lowest BCUT2D eigenvalue weighted by atomic mass is 9.88. The van der Waals surface area contributed by atoms with Crippen LogP contribution in [0.4, 0.5) is 0 Å². The fourth-order valence-corrected chi connectivity index (χ4v) is 5.55. The van der Waals surface area contributed by atoms with Gasteiger partial charge in [0.05, 0.1) is 0 Å². The van der Waals surface area contributed by atoms with Crippen molar-refractivity contribution in [1.82, 2.24) is 0 Å². The van der Waals surface area contributed by atoms with E-state index in [-0.39, 0.29) is 16.7 Å². The Bertz CT molecular complexity index is 641. The lowest BCUT2D eigenvalue weighted by molar-refractivity contribution is 0.475. The van der Waals surface area contributed by atoms with E-state index in [2.05, 4.69) is 27.7 Å². The predicted octanol–water partition coefficient (Wildman–Crippen LogP) is 8.64. The van der Waals surface area contributed by atoms with Gasteiger partial charge in [0, 0.05) is 0 Å². The van der Waals surface area contributed by atoms with Crippen LogP contribution in [0.1, 0.15) is 141 Å². The molecular weight excluding hydrogens is 392 g/mol. The minimum absolute atomic E-state index is 0.134. The number of benzene rings is 1. The molecule has 0 aliphatic rings. The second kappa shape index (κ2) is 15.0. The maximum absolute atomic E-state index is 12.3. The fraction of sp³-hybridized carbons (Fsp3) is 0.769. The van der Waals surface area contributed by atoms with Crippen molar-refractivity contribution in [3.8, 4) is 0 Å². The van der Waals surface area contributed by atoms with Crippen LogP contribution in [-0.4, -0.2) is 13.0 Å². The van der Waals surface area contributed by atoms with Gasteiger partial charge in [0.1, 0.15) is 4.90 Å². The van der Waals surface area contributed by atoms with Crippen molar-refractivity contribution in [3.63, 3.8) is 0 Å². The van der Waals surface area contributed by atoms with Crippen LogP contribution in [0.2, 0.25) is 0 Å². The summed E-state index contributed by atoms with van der Waals surface area (Å²) in [4.78, 5) is 0.182. The molecule has 4 heteroatoms. The molecule has 0 aliphatic heterocycles. The quantitative estimate of drug-likeness (QED) is 0.195. The zero-order chi connectivity index (χ0) is 22.4. The molecule has 0 aliphatic carbocycles. The van der Waals surface area contributed by atoms with Crippen molar-refractivity contribution in [1.29, 1.82) is 0 Å². The van der Waals surface area contributed by atoms with Crippen LogP contribution >= 0.6 is 0 Å². The van der Waals surface area contributed by atoms with E-state index in [9.17, 15) is 13.0 Å². The minimum atomic E-state index is -4.24. The maximum Gasteiger partial charge on any atom is 0.295 e. The van der Waals surface area contributed by atoms with E-state index in [1.165, 1.54) is 64.2 Å². The van der Waals surface area contributed by atoms with E-state index in [4.69, 9.17) is 0 Å². The summed E-state index contributed by atoms with van der Waals surface area (Å²) in [6.07, 6.45) is 16.7. The van der Waals surface area contributed by atoms with E-state index >= 15 is 0 Å². The Kier molecular flexibility index (Phi) is 13.6. The van der Waals surface area contributed by atoms with Crippen LogP contribution in [0.25, 0.3) is 0 Å². The molecule has 1 aromatic rings. The molecule has 0 heterocycles. The molecule has 0 saturated heterocycles. The third kappa shape index (κ3) is 9.96. The van der Waals surface area contributed by atoms with Crippen molar-refractivity contribution in [3.05, 3.63) is 29.3 Å². The summed E-state index contributed by atoms with van der Waals surface area (Å²) in [6, 6.07) is 5.76. The van der Waals surface area contributed by atoms with Crippen LogP contribution in [-0.2, 0) is 10.1 Å². The summed E-state index contributed by atoms with van der Waals surface area (Å²) < 4.78 is 34.7. The van der Waals surface area contributed by atoms with Gasteiger partial charge >= 0.3 is 0 Å². The highest BCUT2D eigenvalue weighted by Gasteiger charge is 2.25. The Morgan fingerprint density at radius 2 is 1.07 bits per heavy atom. The monoisotopic (exact) mass is 438 g/mol. The van der Waals surface area contributed by atoms with Crippen LogP contribution < -0.4 is 0 Å². The molecule has 0 amide bonds. The summed E-state index contributed by atoms with van der Waals surface area (Å²) in [5.41, 5.74) is 1.58. The normalized spacial score (nSPS) is 14.0. The Labute approximate surface area is 186 Å². The Hall–Kier alpha value is -0.870. The highest BCUT2D eigenvalue weighted by atomic mass is 32.2. The van der Waals surface area contributed by atoms with Gasteiger partial charge in [-0.1, -0.05) is 123 Å². The van der Waals surface area contributed by atoms with Gasteiger partial charge < -0.3 is 0 Å². The van der Waals surface area contributed by atoms with Gasteiger partial charge in [0.2, 0.25) is 0 Å². The molecule has 0 spiro atoms. The SMILES string of the molecule is CCCCCCCCC(C)c1cccc(C(C)CCCCCCCC)c1S(=O)(=O)O. The summed E-state index contributed by atoms with van der Waals surface area (Å²) in [7, 11) is -4.24. The third-order valence-electron chi connectivity index (χ3n) is 6.38.